The molecule has 0 radical (unpaired) electrons. The Morgan fingerprint density at radius 3 is 2.65 bits per heavy atom. The molecular formula is C21H35F2IN4O3. The number of aliphatic hydroxyl groups excluding tert-OH is 1. The number of alkyl halides is 2. The van der Waals surface area contributed by atoms with Crippen LogP contribution in [0, 0.1) is 0 Å². The van der Waals surface area contributed by atoms with E-state index in [-0.39, 0.29) is 48.1 Å². The molecule has 0 aromatic heterocycles. The number of rotatable bonds is 11. The van der Waals surface area contributed by atoms with Crippen LogP contribution in [0.3, 0.4) is 0 Å². The van der Waals surface area contributed by atoms with E-state index in [1.165, 1.54) is 0 Å². The first-order valence-corrected chi connectivity index (χ1v) is 10.7. The van der Waals surface area contributed by atoms with Gasteiger partial charge in [-0.05, 0) is 45.7 Å². The number of aliphatic imine (C=N–C) groups is 1. The third-order valence-corrected chi connectivity index (χ3v) is 4.82. The van der Waals surface area contributed by atoms with Crippen molar-refractivity contribution in [3.63, 3.8) is 0 Å². The van der Waals surface area contributed by atoms with E-state index in [4.69, 9.17) is 9.47 Å². The highest BCUT2D eigenvalue weighted by Gasteiger charge is 2.17. The maximum atomic E-state index is 12.9. The molecule has 0 saturated carbocycles. The zero-order valence-electron chi connectivity index (χ0n) is 18.3. The van der Waals surface area contributed by atoms with Crippen LogP contribution in [0.2, 0.25) is 0 Å². The highest BCUT2D eigenvalue weighted by molar-refractivity contribution is 14.0. The first kappa shape index (κ1) is 27.6. The van der Waals surface area contributed by atoms with Gasteiger partial charge in [-0.3, -0.25) is 0 Å². The number of hydrogen-bond donors (Lipinski definition) is 3. The van der Waals surface area contributed by atoms with E-state index in [0.29, 0.717) is 24.7 Å². The maximum absolute atomic E-state index is 12.9. The molecule has 1 fully saturated rings. The SMILES string of the molecule is CCNC(=NCc1cccc(OCC)c1OC(F)F)NCCCN1CCC(O)CC1.I. The summed E-state index contributed by atoms with van der Waals surface area (Å²) in [6.45, 7) is 5.61. The number of para-hydroxylation sites is 1. The largest absolute Gasteiger partial charge is 0.490 e. The number of nitrogens with zero attached hydrogens (tertiary/aromatic N) is 2. The molecule has 1 aliphatic rings. The number of nitrogens with one attached hydrogen (secondary N) is 2. The standard InChI is InChI=1S/C21H34F2N4O3.HI/c1-3-24-21(25-11-6-12-27-13-9-17(28)10-14-27)26-15-16-7-5-8-18(29-4-2)19(16)30-20(22)23;/h5,7-8,17,20,28H,3-4,6,9-15H2,1-2H3,(H2,24,25,26);1H. The number of ether oxygens (including phenoxy) is 2. The first-order chi connectivity index (χ1) is 14.5. The first-order valence-electron chi connectivity index (χ1n) is 10.7. The fourth-order valence-electron chi connectivity index (χ4n) is 3.34. The molecule has 0 aliphatic carbocycles. The van der Waals surface area contributed by atoms with E-state index in [9.17, 15) is 13.9 Å². The average Bonchev–Trinajstić information content (AvgIpc) is 2.72. The van der Waals surface area contributed by atoms with Gasteiger partial charge in [0.1, 0.15) is 0 Å². The Labute approximate surface area is 200 Å². The summed E-state index contributed by atoms with van der Waals surface area (Å²) in [6.07, 6.45) is 2.45. The van der Waals surface area contributed by atoms with Gasteiger partial charge in [-0.2, -0.15) is 8.78 Å². The Bertz CT molecular complexity index is 660. The summed E-state index contributed by atoms with van der Waals surface area (Å²) in [5, 5.41) is 16.0. The van der Waals surface area contributed by atoms with Crippen LogP contribution in [-0.2, 0) is 6.54 Å². The molecule has 178 valence electrons. The van der Waals surface area contributed by atoms with E-state index < -0.39 is 6.61 Å². The normalized spacial score (nSPS) is 15.5. The molecular weight excluding hydrogens is 521 g/mol. The summed E-state index contributed by atoms with van der Waals surface area (Å²) < 4.78 is 35.9. The quantitative estimate of drug-likeness (QED) is 0.168. The topological polar surface area (TPSA) is 78.4 Å². The van der Waals surface area contributed by atoms with Crippen molar-refractivity contribution in [3.05, 3.63) is 23.8 Å². The smallest absolute Gasteiger partial charge is 0.387 e. The molecule has 0 atom stereocenters. The minimum Gasteiger partial charge on any atom is -0.490 e. The second kappa shape index (κ2) is 15.4. The van der Waals surface area contributed by atoms with Gasteiger partial charge < -0.3 is 30.1 Å². The zero-order valence-corrected chi connectivity index (χ0v) is 20.6. The summed E-state index contributed by atoms with van der Waals surface area (Å²) in [4.78, 5) is 6.87. The lowest BCUT2D eigenvalue weighted by molar-refractivity contribution is -0.0520. The lowest BCUT2D eigenvalue weighted by Gasteiger charge is -2.29. The van der Waals surface area contributed by atoms with Crippen molar-refractivity contribution in [2.24, 2.45) is 4.99 Å². The van der Waals surface area contributed by atoms with Crippen molar-refractivity contribution in [2.75, 3.05) is 39.3 Å². The Kier molecular flexibility index (Phi) is 13.7. The Hall–Kier alpha value is -1.40. The van der Waals surface area contributed by atoms with Crippen LogP contribution < -0.4 is 20.1 Å². The number of benzene rings is 1. The van der Waals surface area contributed by atoms with Crippen LogP contribution in [0.25, 0.3) is 0 Å². The summed E-state index contributed by atoms with van der Waals surface area (Å²) in [6, 6.07) is 5.06. The molecule has 0 unspecified atom stereocenters. The van der Waals surface area contributed by atoms with Crippen molar-refractivity contribution in [3.8, 4) is 11.5 Å². The molecule has 1 saturated heterocycles. The van der Waals surface area contributed by atoms with Crippen molar-refractivity contribution in [1.82, 2.24) is 15.5 Å². The average molecular weight is 556 g/mol. The van der Waals surface area contributed by atoms with E-state index >= 15 is 0 Å². The molecule has 1 heterocycles. The number of piperidine rings is 1. The third-order valence-electron chi connectivity index (χ3n) is 4.82. The van der Waals surface area contributed by atoms with Gasteiger partial charge in [-0.15, -0.1) is 24.0 Å². The van der Waals surface area contributed by atoms with Gasteiger partial charge >= 0.3 is 6.61 Å². The molecule has 0 amide bonds. The lowest BCUT2D eigenvalue weighted by atomic mass is 10.1. The number of likely N-dealkylation sites (tertiary alicyclic amines) is 1. The highest BCUT2D eigenvalue weighted by Crippen LogP contribution is 2.33. The summed E-state index contributed by atoms with van der Waals surface area (Å²) in [5.41, 5.74) is 0.533. The fraction of sp³-hybridized carbons (Fsp3) is 0.667. The molecule has 2 rings (SSSR count). The van der Waals surface area contributed by atoms with E-state index in [2.05, 4.69) is 20.5 Å². The number of guanidine groups is 1. The molecule has 3 N–H and O–H groups in total. The van der Waals surface area contributed by atoms with Gasteiger partial charge in [0.15, 0.2) is 17.5 Å². The van der Waals surface area contributed by atoms with Gasteiger partial charge in [0, 0.05) is 31.7 Å². The Balaban J connectivity index is 0.00000480. The number of aliphatic hydroxyl groups is 1. The van der Waals surface area contributed by atoms with Crippen molar-refractivity contribution >= 4 is 29.9 Å². The molecule has 1 aromatic carbocycles. The van der Waals surface area contributed by atoms with Gasteiger partial charge in [0.05, 0.1) is 19.3 Å². The summed E-state index contributed by atoms with van der Waals surface area (Å²) in [5.74, 6) is 0.938. The predicted molar refractivity (Wildman–Crippen MR) is 129 cm³/mol. The second-order valence-corrected chi connectivity index (χ2v) is 7.10. The highest BCUT2D eigenvalue weighted by atomic mass is 127. The molecule has 7 nitrogen and oxygen atoms in total. The van der Waals surface area contributed by atoms with Crippen LogP contribution in [0.1, 0.15) is 38.7 Å². The summed E-state index contributed by atoms with van der Waals surface area (Å²) in [7, 11) is 0. The van der Waals surface area contributed by atoms with E-state index in [1.807, 2.05) is 6.92 Å². The van der Waals surface area contributed by atoms with Crippen LogP contribution in [0.4, 0.5) is 8.78 Å². The van der Waals surface area contributed by atoms with Gasteiger partial charge in [-0.25, -0.2) is 4.99 Å². The van der Waals surface area contributed by atoms with Gasteiger partial charge in [-0.1, -0.05) is 12.1 Å². The van der Waals surface area contributed by atoms with E-state index in [0.717, 1.165) is 45.4 Å². The van der Waals surface area contributed by atoms with Crippen LogP contribution in [-0.4, -0.2) is 68.0 Å². The van der Waals surface area contributed by atoms with Gasteiger partial charge in [0.2, 0.25) is 0 Å². The van der Waals surface area contributed by atoms with Gasteiger partial charge in [0.25, 0.3) is 0 Å². The fourth-order valence-corrected chi connectivity index (χ4v) is 3.34. The van der Waals surface area contributed by atoms with Crippen LogP contribution in [0.15, 0.2) is 23.2 Å². The minimum atomic E-state index is -2.93. The lowest BCUT2D eigenvalue weighted by Crippen LogP contribution is -2.40. The van der Waals surface area contributed by atoms with Crippen molar-refractivity contribution in [1.29, 1.82) is 0 Å². The molecule has 0 bridgehead atoms. The maximum Gasteiger partial charge on any atom is 0.387 e. The molecule has 31 heavy (non-hydrogen) atoms. The minimum absolute atomic E-state index is 0. The van der Waals surface area contributed by atoms with Crippen LogP contribution >= 0.6 is 24.0 Å². The van der Waals surface area contributed by atoms with E-state index in [1.54, 1.807) is 25.1 Å². The molecule has 10 heteroatoms. The molecule has 0 spiro atoms. The third kappa shape index (κ3) is 10.2. The number of hydrogen-bond acceptors (Lipinski definition) is 5. The Morgan fingerprint density at radius 2 is 2.00 bits per heavy atom. The number of halogens is 3. The monoisotopic (exact) mass is 556 g/mol. The van der Waals surface area contributed by atoms with Crippen LogP contribution in [0.5, 0.6) is 11.5 Å². The Morgan fingerprint density at radius 1 is 1.26 bits per heavy atom. The van der Waals surface area contributed by atoms with Crippen molar-refractivity contribution < 1.29 is 23.4 Å². The zero-order chi connectivity index (χ0) is 21.8. The molecule has 1 aliphatic heterocycles. The van der Waals surface area contributed by atoms with Crippen molar-refractivity contribution in [2.45, 2.75) is 52.4 Å². The summed E-state index contributed by atoms with van der Waals surface area (Å²) >= 11 is 0. The predicted octanol–water partition coefficient (Wildman–Crippen LogP) is 3.21. The molecule has 1 aromatic rings. The second-order valence-electron chi connectivity index (χ2n) is 7.10.